The normalized spacial score (nSPS) is 12.5. The van der Waals surface area contributed by atoms with Crippen molar-refractivity contribution >= 4 is 29.1 Å². The Hall–Kier alpha value is -2.99. The number of rotatable bonds is 5. The van der Waals surface area contributed by atoms with Crippen molar-refractivity contribution in [2.24, 2.45) is 0 Å². The van der Waals surface area contributed by atoms with Crippen molar-refractivity contribution < 1.29 is 9.47 Å². The number of hydrogen-bond acceptors (Lipinski definition) is 6. The van der Waals surface area contributed by atoms with E-state index >= 15 is 0 Å². The fourth-order valence-electron chi connectivity index (χ4n) is 2.76. The maximum Gasteiger partial charge on any atom is 0.229 e. The average Bonchev–Trinajstić information content (AvgIpc) is 2.67. The number of nitrogens with zero attached hydrogens (tertiary/aromatic N) is 2. The molecule has 4 rings (SSSR count). The number of benzene rings is 2. The summed E-state index contributed by atoms with van der Waals surface area (Å²) in [6.45, 7) is 3.71. The van der Waals surface area contributed by atoms with Gasteiger partial charge in [0.1, 0.15) is 19.0 Å². The minimum absolute atomic E-state index is 0.519. The summed E-state index contributed by atoms with van der Waals surface area (Å²) in [7, 11) is 0. The molecule has 138 valence electrons. The van der Waals surface area contributed by atoms with Gasteiger partial charge in [-0.1, -0.05) is 23.7 Å². The molecule has 1 aliphatic heterocycles. The van der Waals surface area contributed by atoms with Crippen LogP contribution in [0.15, 0.2) is 48.5 Å². The third-order valence-electron chi connectivity index (χ3n) is 4.04. The molecule has 0 amide bonds. The van der Waals surface area contributed by atoms with E-state index in [2.05, 4.69) is 20.6 Å². The molecule has 2 N–H and O–H groups in total. The van der Waals surface area contributed by atoms with Gasteiger partial charge in [-0.25, -0.2) is 4.98 Å². The number of aryl methyl sites for hydroxylation is 1. The van der Waals surface area contributed by atoms with Crippen LogP contribution in [0.1, 0.15) is 11.3 Å². The fourth-order valence-corrected chi connectivity index (χ4v) is 2.89. The van der Waals surface area contributed by atoms with Gasteiger partial charge in [0.05, 0.1) is 0 Å². The summed E-state index contributed by atoms with van der Waals surface area (Å²) >= 11 is 5.93. The van der Waals surface area contributed by atoms with Crippen molar-refractivity contribution in [1.82, 2.24) is 9.97 Å². The second kappa shape index (κ2) is 7.72. The number of fused-ring (bicyclic) bond motifs is 1. The highest BCUT2D eigenvalue weighted by Crippen LogP contribution is 2.33. The first-order chi connectivity index (χ1) is 13.2. The quantitative estimate of drug-likeness (QED) is 0.674. The first kappa shape index (κ1) is 17.4. The lowest BCUT2D eigenvalue weighted by Crippen LogP contribution is -2.15. The molecule has 0 radical (unpaired) electrons. The summed E-state index contributed by atoms with van der Waals surface area (Å²) in [5.74, 6) is 2.74. The van der Waals surface area contributed by atoms with E-state index in [0.29, 0.717) is 25.7 Å². The fraction of sp³-hybridized carbons (Fsp3) is 0.200. The van der Waals surface area contributed by atoms with Crippen LogP contribution in [0.4, 0.5) is 17.5 Å². The van der Waals surface area contributed by atoms with Gasteiger partial charge < -0.3 is 20.1 Å². The summed E-state index contributed by atoms with van der Waals surface area (Å²) < 4.78 is 11.2. The van der Waals surface area contributed by atoms with Gasteiger partial charge in [-0.05, 0) is 36.8 Å². The molecular formula is C20H19ClN4O2. The van der Waals surface area contributed by atoms with Gasteiger partial charge in [0.15, 0.2) is 11.5 Å². The molecule has 2 aromatic carbocycles. The Bertz CT molecular complexity index is 947. The SMILES string of the molecule is Cc1cc(NCc2ccc(Cl)cc2)nc(Nc2ccc3c(c2)OCCO3)n1. The molecule has 1 aliphatic rings. The lowest BCUT2D eigenvalue weighted by atomic mass is 10.2. The maximum atomic E-state index is 5.93. The first-order valence-corrected chi connectivity index (χ1v) is 9.04. The molecule has 0 fully saturated rings. The van der Waals surface area contributed by atoms with Gasteiger partial charge in [-0.3, -0.25) is 0 Å². The highest BCUT2D eigenvalue weighted by Gasteiger charge is 2.12. The zero-order chi connectivity index (χ0) is 18.6. The van der Waals surface area contributed by atoms with Crippen molar-refractivity contribution in [3.05, 3.63) is 64.8 Å². The summed E-state index contributed by atoms with van der Waals surface area (Å²) in [5.41, 5.74) is 2.83. The van der Waals surface area contributed by atoms with E-state index in [-0.39, 0.29) is 0 Å². The van der Waals surface area contributed by atoms with E-state index < -0.39 is 0 Å². The van der Waals surface area contributed by atoms with Crippen molar-refractivity contribution in [3.63, 3.8) is 0 Å². The van der Waals surface area contributed by atoms with Crippen molar-refractivity contribution in [3.8, 4) is 11.5 Å². The molecule has 0 saturated carbocycles. The number of hydrogen-bond donors (Lipinski definition) is 2. The Morgan fingerprint density at radius 2 is 1.74 bits per heavy atom. The Labute approximate surface area is 162 Å². The molecule has 7 heteroatoms. The molecule has 6 nitrogen and oxygen atoms in total. The molecule has 3 aromatic rings. The van der Waals surface area contributed by atoms with Crippen LogP contribution >= 0.6 is 11.6 Å². The van der Waals surface area contributed by atoms with Gasteiger partial charge in [0, 0.05) is 35.1 Å². The largest absolute Gasteiger partial charge is 0.486 e. The maximum absolute atomic E-state index is 5.93. The Kier molecular flexibility index (Phi) is 4.98. The third-order valence-corrected chi connectivity index (χ3v) is 4.29. The molecule has 0 unspecified atom stereocenters. The third kappa shape index (κ3) is 4.41. The number of ether oxygens (including phenoxy) is 2. The van der Waals surface area contributed by atoms with Gasteiger partial charge in [0.2, 0.25) is 5.95 Å². The lowest BCUT2D eigenvalue weighted by Gasteiger charge is -2.19. The summed E-state index contributed by atoms with van der Waals surface area (Å²) in [4.78, 5) is 9.00. The van der Waals surface area contributed by atoms with E-state index in [1.807, 2.05) is 55.5 Å². The van der Waals surface area contributed by atoms with Crippen LogP contribution in [0, 0.1) is 6.92 Å². The Morgan fingerprint density at radius 1 is 0.963 bits per heavy atom. The monoisotopic (exact) mass is 382 g/mol. The van der Waals surface area contributed by atoms with Crippen molar-refractivity contribution in [2.45, 2.75) is 13.5 Å². The van der Waals surface area contributed by atoms with Gasteiger partial charge in [-0.2, -0.15) is 4.98 Å². The second-order valence-electron chi connectivity index (χ2n) is 6.18. The molecule has 0 spiro atoms. The van der Waals surface area contributed by atoms with Crippen LogP contribution in [0.25, 0.3) is 0 Å². The number of halogens is 1. The summed E-state index contributed by atoms with van der Waals surface area (Å²) in [6, 6.07) is 15.3. The van der Waals surface area contributed by atoms with Crippen LogP contribution in [0.2, 0.25) is 5.02 Å². The van der Waals surface area contributed by atoms with Crippen molar-refractivity contribution in [2.75, 3.05) is 23.8 Å². The topological polar surface area (TPSA) is 68.3 Å². The van der Waals surface area contributed by atoms with E-state index in [9.17, 15) is 0 Å². The molecule has 0 atom stereocenters. The smallest absolute Gasteiger partial charge is 0.229 e. The van der Waals surface area contributed by atoms with Crippen LogP contribution < -0.4 is 20.1 Å². The number of nitrogens with one attached hydrogen (secondary N) is 2. The molecule has 0 aliphatic carbocycles. The highest BCUT2D eigenvalue weighted by molar-refractivity contribution is 6.30. The van der Waals surface area contributed by atoms with Crippen molar-refractivity contribution in [1.29, 1.82) is 0 Å². The van der Waals surface area contributed by atoms with Crippen LogP contribution in [0.3, 0.4) is 0 Å². The second-order valence-corrected chi connectivity index (χ2v) is 6.62. The predicted molar refractivity (Wildman–Crippen MR) is 106 cm³/mol. The summed E-state index contributed by atoms with van der Waals surface area (Å²) in [5, 5.41) is 7.27. The molecular weight excluding hydrogens is 364 g/mol. The predicted octanol–water partition coefficient (Wildman–Crippen LogP) is 4.57. The minimum Gasteiger partial charge on any atom is -0.486 e. The van der Waals surface area contributed by atoms with Crippen LogP contribution in [0.5, 0.6) is 11.5 Å². The Balaban J connectivity index is 1.47. The van der Waals surface area contributed by atoms with Gasteiger partial charge >= 0.3 is 0 Å². The van der Waals surface area contributed by atoms with E-state index in [1.165, 1.54) is 0 Å². The van der Waals surface area contributed by atoms with E-state index in [1.54, 1.807) is 0 Å². The molecule has 0 bridgehead atoms. The zero-order valence-electron chi connectivity index (χ0n) is 14.8. The molecule has 1 aromatic heterocycles. The first-order valence-electron chi connectivity index (χ1n) is 8.66. The molecule has 2 heterocycles. The lowest BCUT2D eigenvalue weighted by molar-refractivity contribution is 0.171. The standard InChI is InChI=1S/C20H19ClN4O2/c1-13-10-19(22-12-14-2-4-15(21)5-3-14)25-20(23-13)24-16-6-7-17-18(11-16)27-9-8-26-17/h2-7,10-11H,8-9,12H2,1H3,(H2,22,23,24,25). The molecule has 0 saturated heterocycles. The van der Waals surface area contributed by atoms with Gasteiger partial charge in [0.25, 0.3) is 0 Å². The minimum atomic E-state index is 0.519. The van der Waals surface area contributed by atoms with E-state index in [4.69, 9.17) is 21.1 Å². The highest BCUT2D eigenvalue weighted by atomic mass is 35.5. The van der Waals surface area contributed by atoms with Crippen LogP contribution in [-0.4, -0.2) is 23.2 Å². The molecule has 27 heavy (non-hydrogen) atoms. The number of anilines is 3. The zero-order valence-corrected chi connectivity index (χ0v) is 15.6. The average molecular weight is 383 g/mol. The Morgan fingerprint density at radius 3 is 2.56 bits per heavy atom. The summed E-state index contributed by atoms with van der Waals surface area (Å²) in [6.07, 6.45) is 0. The van der Waals surface area contributed by atoms with Gasteiger partial charge in [-0.15, -0.1) is 0 Å². The number of aromatic nitrogens is 2. The van der Waals surface area contributed by atoms with Crippen LogP contribution in [-0.2, 0) is 6.54 Å². The van der Waals surface area contributed by atoms with E-state index in [0.717, 1.165) is 39.3 Å².